The zero-order valence-corrected chi connectivity index (χ0v) is 13.1. The molecular weight excluding hydrogens is 322 g/mol. The van der Waals surface area contributed by atoms with Crippen LogP contribution in [-0.2, 0) is 21.7 Å². The van der Waals surface area contributed by atoms with Crippen LogP contribution in [0.4, 0.5) is 10.5 Å². The highest BCUT2D eigenvalue weighted by Crippen LogP contribution is 2.40. The van der Waals surface area contributed by atoms with Crippen LogP contribution in [0.25, 0.3) is 0 Å². The summed E-state index contributed by atoms with van der Waals surface area (Å²) < 4.78 is 0. The lowest BCUT2D eigenvalue weighted by Gasteiger charge is -2.25. The molecule has 4 rings (SSSR count). The SMILES string of the molecule is O=C1N[C@@H]([C@]2(O)C(=O)Nc3ccccc32)C(=O)N1Cc1ccccc1. The number of amides is 4. The van der Waals surface area contributed by atoms with E-state index in [1.54, 1.807) is 48.5 Å². The molecule has 2 aromatic carbocycles. The molecule has 0 radical (unpaired) electrons. The number of imide groups is 1. The Hall–Kier alpha value is -3.19. The van der Waals surface area contributed by atoms with Crippen molar-refractivity contribution in [1.29, 1.82) is 0 Å². The van der Waals surface area contributed by atoms with E-state index in [-0.39, 0.29) is 12.1 Å². The van der Waals surface area contributed by atoms with Crippen LogP contribution in [-0.4, -0.2) is 33.9 Å². The van der Waals surface area contributed by atoms with E-state index in [1.807, 2.05) is 6.07 Å². The number of carbonyl (C=O) groups excluding carboxylic acids is 3. The monoisotopic (exact) mass is 337 g/mol. The molecule has 126 valence electrons. The van der Waals surface area contributed by atoms with Crippen LogP contribution < -0.4 is 10.6 Å². The predicted octanol–water partition coefficient (Wildman–Crippen LogP) is 0.947. The Morgan fingerprint density at radius 1 is 1.00 bits per heavy atom. The van der Waals surface area contributed by atoms with Gasteiger partial charge in [0.1, 0.15) is 0 Å². The van der Waals surface area contributed by atoms with Crippen LogP contribution >= 0.6 is 0 Å². The van der Waals surface area contributed by atoms with Crippen LogP contribution in [0.2, 0.25) is 0 Å². The number of anilines is 1. The van der Waals surface area contributed by atoms with Crippen LogP contribution in [0.5, 0.6) is 0 Å². The van der Waals surface area contributed by atoms with Gasteiger partial charge in [0, 0.05) is 11.3 Å². The van der Waals surface area contributed by atoms with Gasteiger partial charge < -0.3 is 15.7 Å². The molecule has 0 saturated carbocycles. The third-order valence-corrected chi connectivity index (χ3v) is 4.56. The van der Waals surface area contributed by atoms with Gasteiger partial charge in [-0.1, -0.05) is 48.5 Å². The van der Waals surface area contributed by atoms with E-state index >= 15 is 0 Å². The lowest BCUT2D eigenvalue weighted by molar-refractivity contribution is -0.145. The fourth-order valence-corrected chi connectivity index (χ4v) is 3.27. The number of aliphatic hydroxyl groups is 1. The Morgan fingerprint density at radius 2 is 1.68 bits per heavy atom. The van der Waals surface area contributed by atoms with E-state index in [9.17, 15) is 19.5 Å². The standard InChI is InChI=1S/C18H15N3O4/c22-15-14(18(25)12-8-4-5-9-13(12)19-16(18)23)20-17(24)21(15)10-11-6-2-1-3-7-11/h1-9,14,25H,10H2,(H,19,23)(H,20,24)/t14-,18+/m1/s1. The molecule has 0 unspecified atom stereocenters. The molecule has 7 heteroatoms. The molecule has 2 aromatic rings. The largest absolute Gasteiger partial charge is 0.373 e. The summed E-state index contributed by atoms with van der Waals surface area (Å²) >= 11 is 0. The molecule has 0 spiro atoms. The Balaban J connectivity index is 1.67. The molecule has 4 amide bonds. The van der Waals surface area contributed by atoms with Crippen LogP contribution in [0.15, 0.2) is 54.6 Å². The minimum absolute atomic E-state index is 0.0708. The predicted molar refractivity (Wildman–Crippen MR) is 88.3 cm³/mol. The summed E-state index contributed by atoms with van der Waals surface area (Å²) in [6, 6.07) is 13.6. The summed E-state index contributed by atoms with van der Waals surface area (Å²) in [6.45, 7) is 0.0708. The van der Waals surface area contributed by atoms with Crippen molar-refractivity contribution in [2.45, 2.75) is 18.2 Å². The number of benzene rings is 2. The van der Waals surface area contributed by atoms with Gasteiger partial charge in [-0.2, -0.15) is 0 Å². The van der Waals surface area contributed by atoms with Crippen molar-refractivity contribution >= 4 is 23.5 Å². The Labute approximate surface area is 143 Å². The number of fused-ring (bicyclic) bond motifs is 1. The van der Waals surface area contributed by atoms with Gasteiger partial charge in [-0.05, 0) is 11.6 Å². The number of hydrogen-bond donors (Lipinski definition) is 3. The Morgan fingerprint density at radius 3 is 2.44 bits per heavy atom. The molecule has 1 saturated heterocycles. The lowest BCUT2D eigenvalue weighted by atomic mass is 9.87. The smallest absolute Gasteiger partial charge is 0.325 e. The lowest BCUT2D eigenvalue weighted by Crippen LogP contribution is -2.54. The Bertz CT molecular complexity index is 883. The number of carbonyl (C=O) groups is 3. The first kappa shape index (κ1) is 15.3. The van der Waals surface area contributed by atoms with Gasteiger partial charge in [-0.3, -0.25) is 14.5 Å². The van der Waals surface area contributed by atoms with E-state index in [1.165, 1.54) is 0 Å². The van der Waals surface area contributed by atoms with E-state index < -0.39 is 29.5 Å². The van der Waals surface area contributed by atoms with Gasteiger partial charge in [0.2, 0.25) is 0 Å². The van der Waals surface area contributed by atoms with Crippen molar-refractivity contribution in [3.8, 4) is 0 Å². The molecular formula is C18H15N3O4. The minimum Gasteiger partial charge on any atom is -0.373 e. The second-order valence-corrected chi connectivity index (χ2v) is 6.06. The first-order valence-corrected chi connectivity index (χ1v) is 7.81. The molecule has 0 aliphatic carbocycles. The molecule has 0 aromatic heterocycles. The molecule has 2 aliphatic rings. The summed E-state index contributed by atoms with van der Waals surface area (Å²) in [5, 5.41) is 16.0. The number of rotatable bonds is 3. The molecule has 25 heavy (non-hydrogen) atoms. The molecule has 0 bridgehead atoms. The van der Waals surface area contributed by atoms with Crippen molar-refractivity contribution < 1.29 is 19.5 Å². The number of urea groups is 1. The Kier molecular flexibility index (Phi) is 3.33. The van der Waals surface area contributed by atoms with Crippen LogP contribution in [0.3, 0.4) is 0 Å². The van der Waals surface area contributed by atoms with Crippen molar-refractivity contribution in [2.75, 3.05) is 5.32 Å². The highest BCUT2D eigenvalue weighted by atomic mass is 16.3. The fraction of sp³-hybridized carbons (Fsp3) is 0.167. The van der Waals surface area contributed by atoms with E-state index in [0.29, 0.717) is 5.69 Å². The molecule has 7 nitrogen and oxygen atoms in total. The average Bonchev–Trinajstić information content (AvgIpc) is 3.05. The molecule has 1 fully saturated rings. The topological polar surface area (TPSA) is 98.7 Å². The summed E-state index contributed by atoms with van der Waals surface area (Å²) in [7, 11) is 0. The summed E-state index contributed by atoms with van der Waals surface area (Å²) in [4.78, 5) is 38.4. The van der Waals surface area contributed by atoms with Crippen LogP contribution in [0.1, 0.15) is 11.1 Å². The van der Waals surface area contributed by atoms with Crippen molar-refractivity contribution in [3.63, 3.8) is 0 Å². The fourth-order valence-electron chi connectivity index (χ4n) is 3.27. The van der Waals surface area contributed by atoms with Gasteiger partial charge in [0.25, 0.3) is 11.8 Å². The number of nitrogens with zero attached hydrogens (tertiary/aromatic N) is 1. The highest BCUT2D eigenvalue weighted by Gasteiger charge is 2.59. The van der Waals surface area contributed by atoms with Gasteiger partial charge in [0.15, 0.2) is 11.6 Å². The molecule has 2 aliphatic heterocycles. The van der Waals surface area contributed by atoms with Gasteiger partial charge in [-0.15, -0.1) is 0 Å². The third kappa shape index (κ3) is 2.20. The minimum atomic E-state index is -2.13. The summed E-state index contributed by atoms with van der Waals surface area (Å²) in [5.41, 5.74) is -0.650. The van der Waals surface area contributed by atoms with Crippen LogP contribution in [0, 0.1) is 0 Å². The second kappa shape index (κ2) is 5.42. The molecule has 2 heterocycles. The normalized spacial score (nSPS) is 24.9. The highest BCUT2D eigenvalue weighted by molar-refractivity contribution is 6.13. The van der Waals surface area contributed by atoms with E-state index in [2.05, 4.69) is 10.6 Å². The van der Waals surface area contributed by atoms with Gasteiger partial charge >= 0.3 is 6.03 Å². The maximum absolute atomic E-state index is 12.8. The summed E-state index contributed by atoms with van der Waals surface area (Å²) in [6.07, 6.45) is 0. The maximum atomic E-state index is 12.8. The third-order valence-electron chi connectivity index (χ3n) is 4.56. The molecule has 3 N–H and O–H groups in total. The maximum Gasteiger partial charge on any atom is 0.325 e. The number of nitrogens with one attached hydrogen (secondary N) is 2. The van der Waals surface area contributed by atoms with E-state index in [4.69, 9.17) is 0 Å². The van der Waals surface area contributed by atoms with Gasteiger partial charge in [0.05, 0.1) is 6.54 Å². The quantitative estimate of drug-likeness (QED) is 0.726. The molecule has 2 atom stereocenters. The first-order chi connectivity index (χ1) is 12.0. The number of para-hydroxylation sites is 1. The zero-order valence-electron chi connectivity index (χ0n) is 13.1. The summed E-state index contributed by atoms with van der Waals surface area (Å²) in [5.74, 6) is -1.36. The second-order valence-electron chi connectivity index (χ2n) is 6.06. The van der Waals surface area contributed by atoms with Crippen molar-refractivity contribution in [2.24, 2.45) is 0 Å². The zero-order chi connectivity index (χ0) is 17.6. The van der Waals surface area contributed by atoms with Crippen molar-refractivity contribution in [1.82, 2.24) is 10.2 Å². The van der Waals surface area contributed by atoms with E-state index in [0.717, 1.165) is 10.5 Å². The van der Waals surface area contributed by atoms with Crippen molar-refractivity contribution in [3.05, 3.63) is 65.7 Å². The first-order valence-electron chi connectivity index (χ1n) is 7.81. The van der Waals surface area contributed by atoms with Gasteiger partial charge in [-0.25, -0.2) is 4.79 Å². The number of hydrogen-bond acceptors (Lipinski definition) is 4. The average molecular weight is 337 g/mol.